The average molecular weight is 216 g/mol. The molecule has 2 heterocycles. The van der Waals surface area contributed by atoms with Gasteiger partial charge in [-0.3, -0.25) is 14.5 Å². The van der Waals surface area contributed by atoms with Crippen molar-refractivity contribution in [3.8, 4) is 0 Å². The predicted molar refractivity (Wildman–Crippen MR) is 58.9 cm³/mol. The fourth-order valence-corrected chi connectivity index (χ4v) is 2.12. The minimum atomic E-state index is -0.215. The number of imide groups is 1. The molecule has 2 aliphatic rings. The number of hydrogen-bond donors (Lipinski definition) is 0. The Morgan fingerprint density at radius 1 is 1.06 bits per heavy atom. The van der Waals surface area contributed by atoms with E-state index in [0.29, 0.717) is 12.1 Å². The second-order valence-corrected chi connectivity index (χ2v) is 4.16. The van der Waals surface area contributed by atoms with E-state index >= 15 is 0 Å². The van der Waals surface area contributed by atoms with Crippen LogP contribution in [0.5, 0.6) is 0 Å². The van der Waals surface area contributed by atoms with Gasteiger partial charge in [0.2, 0.25) is 5.91 Å². The Balaban J connectivity index is 1.90. The number of benzene rings is 1. The second kappa shape index (κ2) is 3.42. The largest absolute Gasteiger partial charge is 0.289 e. The van der Waals surface area contributed by atoms with Crippen molar-refractivity contribution < 1.29 is 9.59 Å². The van der Waals surface area contributed by atoms with Gasteiger partial charge < -0.3 is 0 Å². The number of amides is 2. The van der Waals surface area contributed by atoms with E-state index in [1.807, 2.05) is 23.1 Å². The van der Waals surface area contributed by atoms with Crippen molar-refractivity contribution in [3.63, 3.8) is 0 Å². The Bertz CT molecular complexity index is 440. The molecule has 2 saturated heterocycles. The van der Waals surface area contributed by atoms with Crippen molar-refractivity contribution in [2.75, 3.05) is 18.0 Å². The Kier molecular flexibility index (Phi) is 2.04. The predicted octanol–water partition coefficient (Wildman–Crippen LogP) is 0.634. The van der Waals surface area contributed by atoms with Crippen molar-refractivity contribution in [2.45, 2.75) is 12.5 Å². The van der Waals surface area contributed by atoms with Gasteiger partial charge in [-0.05, 0) is 12.1 Å². The average Bonchev–Trinajstić information content (AvgIpc) is 3.07. The first-order valence-electron chi connectivity index (χ1n) is 5.43. The standard InChI is InChI=1S/C12H12N2O2/c15-11-8-10(13-6-7-13)12(16)14(11)9-4-2-1-3-5-9/h1-5,10H,6-8H2/t10-/m0/s1. The van der Waals surface area contributed by atoms with Gasteiger partial charge in [-0.15, -0.1) is 0 Å². The quantitative estimate of drug-likeness (QED) is 0.538. The number of hydrogen-bond acceptors (Lipinski definition) is 3. The van der Waals surface area contributed by atoms with Crippen LogP contribution in [0.3, 0.4) is 0 Å². The van der Waals surface area contributed by atoms with E-state index in [-0.39, 0.29) is 17.9 Å². The van der Waals surface area contributed by atoms with Crippen molar-refractivity contribution in [2.24, 2.45) is 0 Å². The van der Waals surface area contributed by atoms with E-state index in [1.165, 1.54) is 4.90 Å². The molecule has 0 saturated carbocycles. The van der Waals surface area contributed by atoms with Gasteiger partial charge in [0, 0.05) is 13.1 Å². The molecule has 0 N–H and O–H groups in total. The summed E-state index contributed by atoms with van der Waals surface area (Å²) in [4.78, 5) is 27.2. The normalized spacial score (nSPS) is 25.2. The molecule has 1 atom stereocenters. The van der Waals surface area contributed by atoms with Gasteiger partial charge in [0.15, 0.2) is 0 Å². The summed E-state index contributed by atoms with van der Waals surface area (Å²) in [6, 6.07) is 8.91. The molecule has 2 aliphatic heterocycles. The molecule has 2 fully saturated rings. The molecule has 82 valence electrons. The third-order valence-electron chi connectivity index (χ3n) is 3.06. The lowest BCUT2D eigenvalue weighted by Crippen LogP contribution is -2.34. The Morgan fingerprint density at radius 3 is 2.38 bits per heavy atom. The topological polar surface area (TPSA) is 40.4 Å². The van der Waals surface area contributed by atoms with Crippen LogP contribution in [0.4, 0.5) is 5.69 Å². The number of nitrogens with zero attached hydrogens (tertiary/aromatic N) is 2. The molecule has 0 unspecified atom stereocenters. The van der Waals surface area contributed by atoms with Gasteiger partial charge in [-0.25, -0.2) is 4.90 Å². The van der Waals surface area contributed by atoms with Gasteiger partial charge in [0.05, 0.1) is 18.2 Å². The van der Waals surface area contributed by atoms with Crippen LogP contribution in [-0.2, 0) is 9.59 Å². The summed E-state index contributed by atoms with van der Waals surface area (Å²) in [6.07, 6.45) is 0.327. The summed E-state index contributed by atoms with van der Waals surface area (Å²) in [6.45, 7) is 1.87. The summed E-state index contributed by atoms with van der Waals surface area (Å²) in [7, 11) is 0. The van der Waals surface area contributed by atoms with E-state index in [0.717, 1.165) is 13.1 Å². The Labute approximate surface area is 93.5 Å². The summed E-state index contributed by atoms with van der Waals surface area (Å²) >= 11 is 0. The maximum Gasteiger partial charge on any atom is 0.251 e. The molecular weight excluding hydrogens is 204 g/mol. The van der Waals surface area contributed by atoms with Gasteiger partial charge in [0.25, 0.3) is 5.91 Å². The molecule has 4 heteroatoms. The van der Waals surface area contributed by atoms with Gasteiger partial charge >= 0.3 is 0 Å². The van der Waals surface area contributed by atoms with Crippen LogP contribution in [0, 0.1) is 0 Å². The molecule has 1 aromatic rings. The van der Waals surface area contributed by atoms with Gasteiger partial charge in [-0.2, -0.15) is 0 Å². The van der Waals surface area contributed by atoms with Crippen LogP contribution >= 0.6 is 0 Å². The van der Waals surface area contributed by atoms with Crippen molar-refractivity contribution in [3.05, 3.63) is 30.3 Å². The molecule has 2 amide bonds. The van der Waals surface area contributed by atoms with E-state index in [9.17, 15) is 9.59 Å². The Hall–Kier alpha value is -1.68. The monoisotopic (exact) mass is 216 g/mol. The zero-order valence-electron chi connectivity index (χ0n) is 8.80. The minimum Gasteiger partial charge on any atom is -0.289 e. The molecule has 3 rings (SSSR count). The number of rotatable bonds is 2. The van der Waals surface area contributed by atoms with Crippen molar-refractivity contribution >= 4 is 17.5 Å². The molecule has 0 aromatic heterocycles. The zero-order valence-corrected chi connectivity index (χ0v) is 8.80. The lowest BCUT2D eigenvalue weighted by molar-refractivity contribution is -0.122. The summed E-state index contributed by atoms with van der Waals surface area (Å²) in [5, 5.41) is 0. The van der Waals surface area contributed by atoms with Crippen LogP contribution in [0.15, 0.2) is 30.3 Å². The maximum absolute atomic E-state index is 12.1. The molecule has 0 bridgehead atoms. The molecule has 16 heavy (non-hydrogen) atoms. The lowest BCUT2D eigenvalue weighted by atomic mass is 10.2. The van der Waals surface area contributed by atoms with Crippen molar-refractivity contribution in [1.29, 1.82) is 0 Å². The molecule has 1 aromatic carbocycles. The molecule has 0 aliphatic carbocycles. The SMILES string of the molecule is O=C1C[C@H](N2CC2)C(=O)N1c1ccccc1. The minimum absolute atomic E-state index is 0.0753. The highest BCUT2D eigenvalue weighted by atomic mass is 16.2. The van der Waals surface area contributed by atoms with E-state index in [1.54, 1.807) is 12.1 Å². The van der Waals surface area contributed by atoms with Gasteiger partial charge in [-0.1, -0.05) is 18.2 Å². The highest BCUT2D eigenvalue weighted by molar-refractivity contribution is 6.22. The fraction of sp³-hybridized carbons (Fsp3) is 0.333. The summed E-state index contributed by atoms with van der Waals surface area (Å²) < 4.78 is 0. The summed E-state index contributed by atoms with van der Waals surface area (Å²) in [5.74, 6) is -0.165. The van der Waals surface area contributed by atoms with E-state index < -0.39 is 0 Å². The van der Waals surface area contributed by atoms with Gasteiger partial charge in [0.1, 0.15) is 0 Å². The molecule has 0 spiro atoms. The highest BCUT2D eigenvalue weighted by Gasteiger charge is 2.45. The lowest BCUT2D eigenvalue weighted by Gasteiger charge is -2.14. The Morgan fingerprint density at radius 2 is 1.75 bits per heavy atom. The number of anilines is 1. The summed E-state index contributed by atoms with van der Waals surface area (Å²) in [5.41, 5.74) is 0.682. The zero-order chi connectivity index (χ0) is 11.1. The highest BCUT2D eigenvalue weighted by Crippen LogP contribution is 2.27. The first kappa shape index (κ1) is 9.54. The van der Waals surface area contributed by atoms with Crippen LogP contribution in [0.25, 0.3) is 0 Å². The number of carbonyl (C=O) groups excluding carboxylic acids is 2. The van der Waals surface area contributed by atoms with Crippen LogP contribution < -0.4 is 4.90 Å². The van der Waals surface area contributed by atoms with Crippen LogP contribution in [-0.4, -0.2) is 35.8 Å². The molecule has 4 nitrogen and oxygen atoms in total. The smallest absolute Gasteiger partial charge is 0.251 e. The van der Waals surface area contributed by atoms with E-state index in [2.05, 4.69) is 0 Å². The van der Waals surface area contributed by atoms with Crippen molar-refractivity contribution in [1.82, 2.24) is 4.90 Å². The number of carbonyl (C=O) groups is 2. The first-order chi connectivity index (χ1) is 7.77. The fourth-order valence-electron chi connectivity index (χ4n) is 2.12. The molecular formula is C12H12N2O2. The first-order valence-corrected chi connectivity index (χ1v) is 5.43. The van der Waals surface area contributed by atoms with E-state index in [4.69, 9.17) is 0 Å². The second-order valence-electron chi connectivity index (χ2n) is 4.16. The maximum atomic E-state index is 12.1. The number of para-hydroxylation sites is 1. The third kappa shape index (κ3) is 1.42. The van der Waals surface area contributed by atoms with Crippen LogP contribution in [0.2, 0.25) is 0 Å². The van der Waals surface area contributed by atoms with Crippen LogP contribution in [0.1, 0.15) is 6.42 Å². The third-order valence-corrected chi connectivity index (χ3v) is 3.06. The molecule has 0 radical (unpaired) electrons.